The Labute approximate surface area is 213 Å². The molecular formula is C27H28N4O4S. The third-order valence-electron chi connectivity index (χ3n) is 5.69. The van der Waals surface area contributed by atoms with Gasteiger partial charge in [0.15, 0.2) is 11.4 Å². The minimum Gasteiger partial charge on any atom is -0.505 e. The number of carbonyl (C=O) groups excluding carboxylic acids is 1. The Morgan fingerprint density at radius 1 is 1.00 bits per heavy atom. The van der Waals surface area contributed by atoms with Crippen LogP contribution in [0.5, 0.6) is 17.5 Å². The molecule has 0 saturated carbocycles. The number of phenolic OH excluding ortho intramolecular Hbond substituents is 1. The topological polar surface area (TPSA) is 110 Å². The van der Waals surface area contributed by atoms with Crippen molar-refractivity contribution < 1.29 is 20.1 Å². The molecule has 2 heterocycles. The SMILES string of the molecule is CCC(=Nc1c(Nc2cccc(C(=O)N(C)C)c2O)c(O)n(Cc2ccccc2)c1O)c1cccs1. The van der Waals surface area contributed by atoms with Crippen molar-refractivity contribution in [1.29, 1.82) is 0 Å². The van der Waals surface area contributed by atoms with Crippen LogP contribution in [0.25, 0.3) is 0 Å². The van der Waals surface area contributed by atoms with Gasteiger partial charge < -0.3 is 25.5 Å². The summed E-state index contributed by atoms with van der Waals surface area (Å²) in [5.41, 5.74) is 2.17. The van der Waals surface area contributed by atoms with E-state index in [1.165, 1.54) is 26.9 Å². The quantitative estimate of drug-likeness (QED) is 0.182. The van der Waals surface area contributed by atoms with E-state index in [0.29, 0.717) is 6.42 Å². The zero-order chi connectivity index (χ0) is 25.8. The van der Waals surface area contributed by atoms with Crippen molar-refractivity contribution in [2.75, 3.05) is 19.4 Å². The maximum Gasteiger partial charge on any atom is 0.257 e. The van der Waals surface area contributed by atoms with Gasteiger partial charge in [-0.05, 0) is 35.6 Å². The molecule has 0 saturated heterocycles. The zero-order valence-electron chi connectivity index (χ0n) is 20.3. The van der Waals surface area contributed by atoms with Crippen LogP contribution in [-0.4, -0.2) is 50.5 Å². The van der Waals surface area contributed by atoms with Crippen molar-refractivity contribution in [3.8, 4) is 17.5 Å². The van der Waals surface area contributed by atoms with E-state index in [1.807, 2.05) is 54.8 Å². The van der Waals surface area contributed by atoms with Gasteiger partial charge in [0.25, 0.3) is 5.91 Å². The van der Waals surface area contributed by atoms with Crippen LogP contribution in [0.4, 0.5) is 17.1 Å². The maximum atomic E-state index is 12.5. The van der Waals surface area contributed by atoms with Crippen molar-refractivity contribution in [2.24, 2.45) is 4.99 Å². The summed E-state index contributed by atoms with van der Waals surface area (Å²) in [7, 11) is 3.19. The predicted octanol–water partition coefficient (Wildman–Crippen LogP) is 5.69. The largest absolute Gasteiger partial charge is 0.505 e. The van der Waals surface area contributed by atoms with Crippen LogP contribution in [0.1, 0.15) is 34.1 Å². The summed E-state index contributed by atoms with van der Waals surface area (Å²) in [5, 5.41) is 38.2. The third kappa shape index (κ3) is 4.92. The van der Waals surface area contributed by atoms with Crippen molar-refractivity contribution in [3.05, 3.63) is 82.0 Å². The van der Waals surface area contributed by atoms with Gasteiger partial charge in [-0.25, -0.2) is 4.99 Å². The molecule has 9 heteroatoms. The van der Waals surface area contributed by atoms with E-state index in [9.17, 15) is 20.1 Å². The standard InChI is InChI=1S/C27H28N4O4S/c1-4-19(21-14-9-15-36-21)28-22-23(27(35)31(26(22)34)16-17-10-6-5-7-11-17)29-20-13-8-12-18(24(20)32)25(33)30(2)3/h5-15,29,32,34-35H,4,16H2,1-3H3. The average Bonchev–Trinajstić information content (AvgIpc) is 3.48. The molecule has 0 aliphatic carbocycles. The zero-order valence-corrected chi connectivity index (χ0v) is 21.1. The van der Waals surface area contributed by atoms with Gasteiger partial charge in [-0.1, -0.05) is 49.4 Å². The van der Waals surface area contributed by atoms with E-state index in [4.69, 9.17) is 4.99 Å². The normalized spacial score (nSPS) is 11.5. The van der Waals surface area contributed by atoms with E-state index in [1.54, 1.807) is 26.2 Å². The third-order valence-corrected chi connectivity index (χ3v) is 6.61. The summed E-state index contributed by atoms with van der Waals surface area (Å²) in [5.74, 6) is -1.11. The molecule has 186 valence electrons. The number of hydrogen-bond donors (Lipinski definition) is 4. The van der Waals surface area contributed by atoms with Crippen LogP contribution in [0.3, 0.4) is 0 Å². The van der Waals surface area contributed by atoms with E-state index in [-0.39, 0.29) is 52.6 Å². The second-order valence-electron chi connectivity index (χ2n) is 8.36. The first-order valence-electron chi connectivity index (χ1n) is 11.4. The summed E-state index contributed by atoms with van der Waals surface area (Å²) in [6.45, 7) is 2.17. The highest BCUT2D eigenvalue weighted by atomic mass is 32.1. The first-order valence-corrected chi connectivity index (χ1v) is 12.3. The van der Waals surface area contributed by atoms with Crippen LogP contribution in [0, 0.1) is 0 Å². The molecule has 0 aliphatic heterocycles. The molecule has 4 rings (SSSR count). The second kappa shape index (κ2) is 10.6. The number of aliphatic imine (C=N–C) groups is 1. The summed E-state index contributed by atoms with van der Waals surface area (Å²) in [6.07, 6.45) is 0.599. The molecule has 2 aromatic heterocycles. The molecule has 0 aliphatic rings. The van der Waals surface area contributed by atoms with Gasteiger partial charge in [-0.2, -0.15) is 0 Å². The summed E-state index contributed by atoms with van der Waals surface area (Å²) in [6, 6.07) is 18.0. The predicted molar refractivity (Wildman–Crippen MR) is 144 cm³/mol. The number of thiophene rings is 1. The number of aromatic hydroxyl groups is 3. The molecule has 2 aromatic carbocycles. The van der Waals surface area contributed by atoms with Gasteiger partial charge in [0, 0.05) is 19.0 Å². The van der Waals surface area contributed by atoms with Crippen molar-refractivity contribution in [1.82, 2.24) is 9.47 Å². The Hall–Kier alpha value is -4.24. The first-order chi connectivity index (χ1) is 17.3. The molecule has 0 bridgehead atoms. The molecule has 0 atom stereocenters. The lowest BCUT2D eigenvalue weighted by molar-refractivity contribution is 0.0824. The number of benzene rings is 2. The Bertz CT molecular complexity index is 1390. The van der Waals surface area contributed by atoms with E-state index in [0.717, 1.165) is 16.2 Å². The molecule has 36 heavy (non-hydrogen) atoms. The van der Waals surface area contributed by atoms with Gasteiger partial charge in [0.1, 0.15) is 5.69 Å². The summed E-state index contributed by atoms with van der Waals surface area (Å²) in [4.78, 5) is 19.5. The second-order valence-corrected chi connectivity index (χ2v) is 9.31. The fourth-order valence-corrected chi connectivity index (χ4v) is 4.58. The van der Waals surface area contributed by atoms with Gasteiger partial charge >= 0.3 is 0 Å². The Kier molecular flexibility index (Phi) is 7.30. The highest BCUT2D eigenvalue weighted by Crippen LogP contribution is 2.48. The van der Waals surface area contributed by atoms with Gasteiger partial charge in [-0.3, -0.25) is 9.36 Å². The Morgan fingerprint density at radius 2 is 1.75 bits per heavy atom. The van der Waals surface area contributed by atoms with Crippen molar-refractivity contribution in [3.63, 3.8) is 0 Å². The van der Waals surface area contributed by atoms with E-state index >= 15 is 0 Å². The summed E-state index contributed by atoms with van der Waals surface area (Å²) < 4.78 is 1.35. The number of carbonyl (C=O) groups is 1. The van der Waals surface area contributed by atoms with Crippen LogP contribution in [-0.2, 0) is 6.54 Å². The fourth-order valence-electron chi connectivity index (χ4n) is 3.80. The van der Waals surface area contributed by atoms with Gasteiger partial charge in [-0.15, -0.1) is 11.3 Å². The molecule has 0 spiro atoms. The molecule has 1 amide bonds. The highest BCUT2D eigenvalue weighted by Gasteiger charge is 2.25. The molecule has 4 N–H and O–H groups in total. The lowest BCUT2D eigenvalue weighted by atomic mass is 10.1. The molecule has 4 aromatic rings. The number of amides is 1. The molecule has 0 fully saturated rings. The number of rotatable bonds is 8. The number of para-hydroxylation sites is 1. The number of phenols is 1. The number of nitrogens with one attached hydrogen (secondary N) is 1. The molecular weight excluding hydrogens is 476 g/mol. The molecule has 0 unspecified atom stereocenters. The van der Waals surface area contributed by atoms with Crippen molar-refractivity contribution >= 4 is 40.0 Å². The molecule has 8 nitrogen and oxygen atoms in total. The number of anilines is 2. The smallest absolute Gasteiger partial charge is 0.257 e. The first kappa shape index (κ1) is 24.9. The van der Waals surface area contributed by atoms with Crippen molar-refractivity contribution in [2.45, 2.75) is 19.9 Å². The van der Waals surface area contributed by atoms with E-state index < -0.39 is 0 Å². The molecule has 0 radical (unpaired) electrons. The van der Waals surface area contributed by atoms with Gasteiger partial charge in [0.05, 0.1) is 23.5 Å². The van der Waals surface area contributed by atoms with Gasteiger partial charge in [0.2, 0.25) is 11.8 Å². The number of hydrogen-bond acceptors (Lipinski definition) is 7. The average molecular weight is 505 g/mol. The van der Waals surface area contributed by atoms with E-state index in [2.05, 4.69) is 5.32 Å². The van der Waals surface area contributed by atoms with Crippen LogP contribution in [0.2, 0.25) is 0 Å². The fraction of sp³-hybridized carbons (Fsp3) is 0.185. The summed E-state index contributed by atoms with van der Waals surface area (Å²) >= 11 is 1.53. The lowest BCUT2D eigenvalue weighted by Crippen LogP contribution is -2.21. The van der Waals surface area contributed by atoms with Crippen LogP contribution < -0.4 is 5.32 Å². The maximum absolute atomic E-state index is 12.5. The highest BCUT2D eigenvalue weighted by molar-refractivity contribution is 7.12. The lowest BCUT2D eigenvalue weighted by Gasteiger charge is -2.15. The number of nitrogens with zero attached hydrogens (tertiary/aromatic N) is 3. The Morgan fingerprint density at radius 3 is 2.39 bits per heavy atom. The monoisotopic (exact) mass is 504 g/mol. The number of aromatic nitrogens is 1. The van der Waals surface area contributed by atoms with Crippen LogP contribution >= 0.6 is 11.3 Å². The minimum absolute atomic E-state index is 0.107. The Balaban J connectivity index is 1.85. The van der Waals surface area contributed by atoms with Crippen LogP contribution in [0.15, 0.2) is 71.0 Å². The minimum atomic E-state index is -0.367.